The van der Waals surface area contributed by atoms with Gasteiger partial charge in [-0.3, -0.25) is 0 Å². The summed E-state index contributed by atoms with van der Waals surface area (Å²) >= 11 is 0. The van der Waals surface area contributed by atoms with Crippen LogP contribution in [0.1, 0.15) is 0 Å². The molecule has 0 saturated heterocycles. The first-order chi connectivity index (χ1) is 54.1. The summed E-state index contributed by atoms with van der Waals surface area (Å²) in [4.78, 5) is 5.37. The molecule has 0 N–H and O–H groups in total. The lowest BCUT2D eigenvalue weighted by atomic mass is 9.33. The van der Waals surface area contributed by atoms with Gasteiger partial charge in [-0.15, -0.1) is 0 Å². The van der Waals surface area contributed by atoms with E-state index < -0.39 is 24.2 Å². The van der Waals surface area contributed by atoms with Crippen LogP contribution in [0.4, 0.5) is 34.1 Å². The number of benzene rings is 17. The largest absolute Gasteiger partial charge is 0.311 e. The highest BCUT2D eigenvalue weighted by molar-refractivity contribution is 7.21. The van der Waals surface area contributed by atoms with Gasteiger partial charge in [0.1, 0.15) is 0 Å². The van der Waals surface area contributed by atoms with Crippen molar-refractivity contribution in [3.05, 3.63) is 449 Å². The van der Waals surface area contributed by atoms with Crippen molar-refractivity contribution in [2.75, 3.05) is 9.80 Å². The van der Waals surface area contributed by atoms with Crippen molar-refractivity contribution < 1.29 is 0 Å². The van der Waals surface area contributed by atoms with Crippen molar-refractivity contribution >= 4 is 165 Å². The lowest BCUT2D eigenvalue weighted by Gasteiger charge is -2.46. The first kappa shape index (κ1) is 65.4. The van der Waals surface area contributed by atoms with Gasteiger partial charge >= 0.3 is 0 Å². The number of para-hydroxylation sites is 2. The Kier molecular flexibility index (Phi) is 16.4. The van der Waals surface area contributed by atoms with Crippen LogP contribution in [0, 0.1) is 0 Å². The van der Waals surface area contributed by atoms with Crippen molar-refractivity contribution in [3.63, 3.8) is 0 Å². The highest BCUT2D eigenvalue weighted by atomic mass is 28.3. The Morgan fingerprint density at radius 1 is 0.183 bits per heavy atom. The van der Waals surface area contributed by atoms with Gasteiger partial charge in [0.05, 0.1) is 16.7 Å². The van der Waals surface area contributed by atoms with Crippen LogP contribution < -0.4 is 88.4 Å². The number of rotatable bonds is 16. The molecule has 2 aliphatic rings. The van der Waals surface area contributed by atoms with E-state index in [1.165, 1.54) is 95.0 Å². The normalized spacial score (nSPS) is 12.5. The second kappa shape index (κ2) is 27.3. The fourth-order valence-corrected chi connectivity index (χ4v) is 33.1. The number of hydrogen-bond donors (Lipinski definition) is 0. The van der Waals surface area contributed by atoms with Gasteiger partial charge in [0.2, 0.25) is 0 Å². The maximum atomic E-state index is 2.71. The quantitative estimate of drug-likeness (QED) is 0.0706. The number of nitrogens with zero attached hydrogens (tertiary/aromatic N) is 3. The molecule has 0 fully saturated rings. The van der Waals surface area contributed by atoms with E-state index in [0.717, 1.165) is 56.4 Å². The minimum atomic E-state index is -3.21. The van der Waals surface area contributed by atoms with Crippen molar-refractivity contribution in [2.24, 2.45) is 0 Å². The summed E-state index contributed by atoms with van der Waals surface area (Å²) in [6.07, 6.45) is 0. The van der Waals surface area contributed by atoms with E-state index in [1.54, 1.807) is 0 Å². The molecule has 512 valence electrons. The van der Waals surface area contributed by atoms with Crippen LogP contribution in [0.15, 0.2) is 449 Å². The van der Waals surface area contributed by atoms with Crippen LogP contribution in [-0.4, -0.2) is 35.5 Å². The van der Waals surface area contributed by atoms with Gasteiger partial charge in [0.15, 0.2) is 24.2 Å². The summed E-state index contributed by atoms with van der Waals surface area (Å²) in [6.45, 7) is -0.251. The Morgan fingerprint density at radius 2 is 0.468 bits per heavy atom. The Balaban J connectivity index is 0.951. The molecule has 0 amide bonds. The molecule has 0 aliphatic carbocycles. The lowest BCUT2D eigenvalue weighted by molar-refractivity contribution is 1.16. The average Bonchev–Trinajstić information content (AvgIpc) is 1.13. The fraction of sp³-hybridized carbons (Fsp3) is 0. The molecular weight excluding hydrogens is 1360 g/mol. The van der Waals surface area contributed by atoms with Gasteiger partial charge in [0.25, 0.3) is 6.71 Å². The number of aromatic nitrogens is 1. The van der Waals surface area contributed by atoms with Gasteiger partial charge in [0, 0.05) is 44.9 Å². The van der Waals surface area contributed by atoms with E-state index in [0.29, 0.717) is 0 Å². The minimum absolute atomic E-state index is 0.251. The van der Waals surface area contributed by atoms with E-state index in [9.17, 15) is 0 Å². The van der Waals surface area contributed by atoms with Crippen LogP contribution in [-0.2, 0) is 0 Å². The number of anilines is 6. The summed E-state index contributed by atoms with van der Waals surface area (Å²) < 4.78 is 2.55. The summed E-state index contributed by atoms with van der Waals surface area (Å²) in [5.41, 5.74) is 16.2. The van der Waals surface area contributed by atoms with Gasteiger partial charge in [-0.1, -0.05) is 388 Å². The molecular formula is C102H74BN3Si3. The topological polar surface area (TPSA) is 11.4 Å². The Labute approximate surface area is 641 Å². The monoisotopic (exact) mass is 1440 g/mol. The van der Waals surface area contributed by atoms with Crippen molar-refractivity contribution in [3.8, 4) is 16.8 Å². The third-order valence-corrected chi connectivity index (χ3v) is 37.7. The standard InChI is InChI=1S/C102H74BN3Si3/c1-11-36-75(37-12-1)76-62-64-77(65-63-76)104-98-73-90(108(83-45-19-5-20-46-83,84-47-21-6-22-48-84)85-49-23-7-24-50-85)66-68-94(98)103-95-69-67-91(109(86-51-25-8-26-52-86,87-53-27-9-28-54-87)88-55-29-10-30-56-88)74-99(95)105(101-72-79(71-100(104)102(101)103)106-96-60-33-31-58-92(96)93-59-32-34-61-97(93)106)78-38-35-57-89(70-78)107(80-39-13-2-14-40-80,81-41-15-3-16-42-81)82-43-17-4-18-44-82/h1-74H. The molecule has 0 atom stereocenters. The molecule has 2 aliphatic heterocycles. The summed E-state index contributed by atoms with van der Waals surface area (Å²) in [6, 6.07) is 172. The Bertz CT molecular complexity index is 5990. The van der Waals surface area contributed by atoms with E-state index in [1.807, 2.05) is 0 Å². The van der Waals surface area contributed by atoms with Crippen molar-refractivity contribution in [1.29, 1.82) is 0 Å². The Morgan fingerprint density at radius 3 is 0.817 bits per heavy atom. The molecule has 0 spiro atoms. The van der Waals surface area contributed by atoms with Gasteiger partial charge in [-0.2, -0.15) is 0 Å². The third-order valence-electron chi connectivity index (χ3n) is 23.4. The summed E-state index contributed by atoms with van der Waals surface area (Å²) in [5.74, 6) is 0. The molecule has 3 heterocycles. The molecule has 0 radical (unpaired) electrons. The molecule has 17 aromatic carbocycles. The number of hydrogen-bond acceptors (Lipinski definition) is 2. The highest BCUT2D eigenvalue weighted by Gasteiger charge is 2.50. The van der Waals surface area contributed by atoms with Crippen LogP contribution in [0.3, 0.4) is 0 Å². The lowest BCUT2D eigenvalue weighted by Crippen LogP contribution is -2.75. The van der Waals surface area contributed by atoms with Crippen LogP contribution in [0.5, 0.6) is 0 Å². The van der Waals surface area contributed by atoms with Crippen LogP contribution in [0.25, 0.3) is 38.6 Å². The van der Waals surface area contributed by atoms with Gasteiger partial charge < -0.3 is 14.4 Å². The maximum absolute atomic E-state index is 3.21. The van der Waals surface area contributed by atoms with Crippen molar-refractivity contribution in [1.82, 2.24) is 4.57 Å². The van der Waals surface area contributed by atoms with E-state index in [-0.39, 0.29) is 6.71 Å². The summed E-state index contributed by atoms with van der Waals surface area (Å²) in [7, 11) is -9.51. The SMILES string of the molecule is c1ccc(-c2ccc(N3c4cc([Si](c5ccccc5)(c5ccccc5)c5ccccc5)ccc4B4c5ccc([Si](c6ccccc6)(c6ccccc6)c6ccccc6)cc5N(c5cccc([Si](c6ccccc6)(c6ccccc6)c6ccccc6)c5)c5cc(-n6c7ccccc7c7ccccc76)cc3c54)cc2)cc1. The second-order valence-corrected chi connectivity index (χ2v) is 40.4. The minimum Gasteiger partial charge on any atom is -0.311 e. The third kappa shape index (κ3) is 10.5. The molecule has 3 nitrogen and oxygen atoms in total. The molecule has 7 heteroatoms. The molecule has 0 bridgehead atoms. The zero-order valence-electron chi connectivity index (χ0n) is 60.1. The first-order valence-corrected chi connectivity index (χ1v) is 43.9. The van der Waals surface area contributed by atoms with E-state index >= 15 is 0 Å². The fourth-order valence-electron chi connectivity index (χ4n) is 18.8. The van der Waals surface area contributed by atoms with Gasteiger partial charge in [-0.25, -0.2) is 0 Å². The molecule has 20 rings (SSSR count). The summed E-state index contributed by atoms with van der Waals surface area (Å²) in [5, 5.41) is 18.2. The van der Waals surface area contributed by atoms with Gasteiger partial charge in [-0.05, 0) is 150 Å². The predicted octanol–water partition coefficient (Wildman–Crippen LogP) is 14.7. The number of fused-ring (bicyclic) bond motifs is 7. The zero-order valence-corrected chi connectivity index (χ0v) is 63.1. The van der Waals surface area contributed by atoms with Crippen LogP contribution >= 0.6 is 0 Å². The molecule has 18 aromatic rings. The predicted molar refractivity (Wildman–Crippen MR) is 471 cm³/mol. The highest BCUT2D eigenvalue weighted by Crippen LogP contribution is 2.47. The molecule has 0 unspecified atom stereocenters. The van der Waals surface area contributed by atoms with E-state index in [4.69, 9.17) is 0 Å². The molecule has 1 aromatic heterocycles. The average molecular weight is 1440 g/mol. The Hall–Kier alpha value is -13.1. The van der Waals surface area contributed by atoms with Crippen molar-refractivity contribution in [2.45, 2.75) is 0 Å². The molecule has 0 saturated carbocycles. The second-order valence-electron chi connectivity index (χ2n) is 28.9. The zero-order chi connectivity index (χ0) is 72.3. The smallest absolute Gasteiger partial charge is 0.252 e. The first-order valence-electron chi connectivity index (χ1n) is 37.9. The van der Waals surface area contributed by atoms with E-state index in [2.05, 4.69) is 463 Å². The maximum Gasteiger partial charge on any atom is 0.252 e. The van der Waals surface area contributed by atoms with Crippen LogP contribution in [0.2, 0.25) is 0 Å². The molecule has 109 heavy (non-hydrogen) atoms.